The van der Waals surface area contributed by atoms with E-state index in [2.05, 4.69) is 4.98 Å². The number of oxazole rings is 1. The van der Waals surface area contributed by atoms with Gasteiger partial charge in [0.05, 0.1) is 11.3 Å². The normalized spacial score (nSPS) is 14.6. The zero-order chi connectivity index (χ0) is 13.6. The maximum atomic E-state index is 14.0. The number of halogens is 1. The minimum Gasteiger partial charge on any atom is -0.475 e. The van der Waals surface area contributed by atoms with Gasteiger partial charge in [0.1, 0.15) is 5.82 Å². The van der Waals surface area contributed by atoms with Crippen molar-refractivity contribution in [2.75, 3.05) is 0 Å². The summed E-state index contributed by atoms with van der Waals surface area (Å²) in [6.45, 7) is 1.64. The first-order valence-corrected chi connectivity index (χ1v) is 6.07. The molecule has 0 radical (unpaired) electrons. The van der Waals surface area contributed by atoms with E-state index < -0.39 is 11.8 Å². The lowest BCUT2D eigenvalue weighted by atomic mass is 10.1. The molecule has 1 aromatic carbocycles. The van der Waals surface area contributed by atoms with Gasteiger partial charge in [0, 0.05) is 5.92 Å². The summed E-state index contributed by atoms with van der Waals surface area (Å²) in [6.07, 6.45) is 1.81. The number of aromatic nitrogens is 1. The molecule has 98 valence electrons. The van der Waals surface area contributed by atoms with Crippen molar-refractivity contribution >= 4 is 5.97 Å². The van der Waals surface area contributed by atoms with Crippen molar-refractivity contribution in [1.82, 2.24) is 4.98 Å². The van der Waals surface area contributed by atoms with E-state index in [4.69, 9.17) is 9.52 Å². The molecule has 1 fully saturated rings. The van der Waals surface area contributed by atoms with E-state index in [9.17, 15) is 9.18 Å². The highest BCUT2D eigenvalue weighted by atomic mass is 19.1. The molecule has 1 heterocycles. The van der Waals surface area contributed by atoms with Crippen LogP contribution in [0.25, 0.3) is 11.5 Å². The van der Waals surface area contributed by atoms with Crippen LogP contribution in [0.5, 0.6) is 0 Å². The van der Waals surface area contributed by atoms with Gasteiger partial charge in [-0.15, -0.1) is 0 Å². The number of aryl methyl sites for hydroxylation is 1. The van der Waals surface area contributed by atoms with Crippen molar-refractivity contribution in [3.8, 4) is 11.5 Å². The molecule has 0 amide bonds. The highest BCUT2D eigenvalue weighted by molar-refractivity contribution is 5.86. The predicted octanol–water partition coefficient (Wildman–Crippen LogP) is 3.36. The minimum atomic E-state index is -1.16. The monoisotopic (exact) mass is 261 g/mol. The minimum absolute atomic E-state index is 0.0421. The first-order chi connectivity index (χ1) is 9.08. The number of benzene rings is 1. The topological polar surface area (TPSA) is 63.3 Å². The quantitative estimate of drug-likeness (QED) is 0.920. The molecule has 19 heavy (non-hydrogen) atoms. The largest absolute Gasteiger partial charge is 0.475 e. The lowest BCUT2D eigenvalue weighted by Crippen LogP contribution is -1.98. The van der Waals surface area contributed by atoms with Gasteiger partial charge in [-0.05, 0) is 31.4 Å². The van der Waals surface area contributed by atoms with Crippen LogP contribution in [0.3, 0.4) is 0 Å². The molecule has 4 nitrogen and oxygen atoms in total. The van der Waals surface area contributed by atoms with E-state index in [1.807, 2.05) is 0 Å². The van der Waals surface area contributed by atoms with E-state index in [-0.39, 0.29) is 23.1 Å². The summed E-state index contributed by atoms with van der Waals surface area (Å²) in [5, 5.41) is 9.10. The summed E-state index contributed by atoms with van der Waals surface area (Å²) in [5.41, 5.74) is 1.11. The zero-order valence-corrected chi connectivity index (χ0v) is 10.3. The molecule has 0 atom stereocenters. The van der Waals surface area contributed by atoms with Gasteiger partial charge in [-0.1, -0.05) is 12.1 Å². The molecule has 0 spiro atoms. The molecular formula is C14H12FNO3. The lowest BCUT2D eigenvalue weighted by Gasteiger charge is -2.00. The second-order valence-corrected chi connectivity index (χ2v) is 4.75. The smallest absolute Gasteiger partial charge is 0.373 e. The lowest BCUT2D eigenvalue weighted by molar-refractivity contribution is 0.0661. The van der Waals surface area contributed by atoms with Crippen LogP contribution < -0.4 is 0 Å². The molecule has 1 aromatic heterocycles. The van der Waals surface area contributed by atoms with Gasteiger partial charge >= 0.3 is 5.97 Å². The predicted molar refractivity (Wildman–Crippen MR) is 65.6 cm³/mol. The number of rotatable bonds is 3. The molecule has 5 heteroatoms. The highest BCUT2D eigenvalue weighted by Crippen LogP contribution is 2.42. The maximum Gasteiger partial charge on any atom is 0.373 e. The van der Waals surface area contributed by atoms with Crippen LogP contribution in [0.15, 0.2) is 22.6 Å². The second kappa shape index (κ2) is 4.19. The third-order valence-electron chi connectivity index (χ3n) is 3.23. The van der Waals surface area contributed by atoms with Crippen molar-refractivity contribution in [1.29, 1.82) is 0 Å². The molecule has 0 unspecified atom stereocenters. The fraction of sp³-hybridized carbons (Fsp3) is 0.286. The van der Waals surface area contributed by atoms with Crippen molar-refractivity contribution in [2.24, 2.45) is 0 Å². The van der Waals surface area contributed by atoms with Crippen molar-refractivity contribution < 1.29 is 18.7 Å². The Hall–Kier alpha value is -2.17. The Kier molecular flexibility index (Phi) is 2.62. The first kappa shape index (κ1) is 11.9. The van der Waals surface area contributed by atoms with Crippen molar-refractivity contribution in [2.45, 2.75) is 25.7 Å². The van der Waals surface area contributed by atoms with Crippen LogP contribution in [0.2, 0.25) is 0 Å². The number of hydrogen-bond acceptors (Lipinski definition) is 3. The molecule has 3 rings (SSSR count). The van der Waals surface area contributed by atoms with E-state index in [0.717, 1.165) is 12.8 Å². The Morgan fingerprint density at radius 3 is 2.84 bits per heavy atom. The standard InChI is InChI=1S/C14H12FNO3/c1-7-3-2-4-9(10(7)15)13-16-11(8-5-6-8)12(19-13)14(17)18/h2-4,8H,5-6H2,1H3,(H,17,18). The van der Waals surface area contributed by atoms with Crippen LogP contribution in [-0.2, 0) is 0 Å². The molecule has 1 aliphatic carbocycles. The molecule has 0 saturated heterocycles. The second-order valence-electron chi connectivity index (χ2n) is 4.75. The summed E-state index contributed by atoms with van der Waals surface area (Å²) >= 11 is 0. The van der Waals surface area contributed by atoms with Gasteiger partial charge in [-0.25, -0.2) is 14.2 Å². The molecule has 1 aliphatic rings. The highest BCUT2D eigenvalue weighted by Gasteiger charge is 2.34. The Morgan fingerprint density at radius 2 is 2.21 bits per heavy atom. The third kappa shape index (κ3) is 2.01. The number of hydrogen-bond donors (Lipinski definition) is 1. The van der Waals surface area contributed by atoms with Crippen LogP contribution in [0.4, 0.5) is 4.39 Å². The van der Waals surface area contributed by atoms with E-state index in [0.29, 0.717) is 11.3 Å². The SMILES string of the molecule is Cc1cccc(-c2nc(C3CC3)c(C(=O)O)o2)c1F. The molecule has 1 N–H and O–H groups in total. The Labute approximate surface area is 108 Å². The Morgan fingerprint density at radius 1 is 1.47 bits per heavy atom. The van der Waals surface area contributed by atoms with Gasteiger partial charge in [0.15, 0.2) is 0 Å². The summed E-state index contributed by atoms with van der Waals surface area (Å²) in [6, 6.07) is 4.87. The van der Waals surface area contributed by atoms with Gasteiger partial charge in [-0.3, -0.25) is 0 Å². The van der Waals surface area contributed by atoms with Gasteiger partial charge < -0.3 is 9.52 Å². The van der Waals surface area contributed by atoms with Crippen LogP contribution in [-0.4, -0.2) is 16.1 Å². The van der Waals surface area contributed by atoms with Gasteiger partial charge in [0.25, 0.3) is 0 Å². The van der Waals surface area contributed by atoms with Crippen LogP contribution >= 0.6 is 0 Å². The molecule has 2 aromatic rings. The van der Waals surface area contributed by atoms with Crippen LogP contribution in [0.1, 0.15) is 40.6 Å². The van der Waals surface area contributed by atoms with Crippen molar-refractivity contribution in [3.63, 3.8) is 0 Å². The number of nitrogens with zero attached hydrogens (tertiary/aromatic N) is 1. The van der Waals surface area contributed by atoms with E-state index >= 15 is 0 Å². The number of carbonyl (C=O) groups is 1. The molecule has 0 aliphatic heterocycles. The number of carboxylic acids is 1. The summed E-state index contributed by atoms with van der Waals surface area (Å²) in [4.78, 5) is 15.3. The maximum absolute atomic E-state index is 14.0. The summed E-state index contributed by atoms with van der Waals surface area (Å²) in [5.74, 6) is -1.58. The third-order valence-corrected chi connectivity index (χ3v) is 3.23. The van der Waals surface area contributed by atoms with Gasteiger partial charge in [0.2, 0.25) is 11.7 Å². The fourth-order valence-electron chi connectivity index (χ4n) is 2.05. The molecule has 0 bridgehead atoms. The summed E-state index contributed by atoms with van der Waals surface area (Å²) in [7, 11) is 0. The van der Waals surface area contributed by atoms with Crippen molar-refractivity contribution in [3.05, 3.63) is 41.0 Å². The zero-order valence-electron chi connectivity index (χ0n) is 10.3. The fourth-order valence-corrected chi connectivity index (χ4v) is 2.05. The average Bonchev–Trinajstić information content (AvgIpc) is 3.12. The number of carboxylic acid groups (broad SMARTS) is 1. The molecular weight excluding hydrogens is 249 g/mol. The average molecular weight is 261 g/mol. The van der Waals surface area contributed by atoms with Crippen LogP contribution in [0, 0.1) is 12.7 Å². The van der Waals surface area contributed by atoms with E-state index in [1.54, 1.807) is 19.1 Å². The van der Waals surface area contributed by atoms with E-state index in [1.165, 1.54) is 6.07 Å². The molecule has 1 saturated carbocycles. The Bertz CT molecular complexity index is 659. The first-order valence-electron chi connectivity index (χ1n) is 6.07. The number of aromatic carboxylic acids is 1. The summed E-state index contributed by atoms with van der Waals surface area (Å²) < 4.78 is 19.2. The van der Waals surface area contributed by atoms with Gasteiger partial charge in [-0.2, -0.15) is 0 Å². The Balaban J connectivity index is 2.13.